The van der Waals surface area contributed by atoms with Crippen LogP contribution < -0.4 is 10.5 Å². The molecule has 1 aromatic carbocycles. The lowest BCUT2D eigenvalue weighted by Crippen LogP contribution is -2.40. The minimum atomic E-state index is -3.57. The monoisotopic (exact) mass is 313 g/mol. The Morgan fingerprint density at radius 2 is 1.76 bits per heavy atom. The fourth-order valence-electron chi connectivity index (χ4n) is 2.01. The molecular weight excluding hydrogens is 290 g/mol. The molecule has 0 saturated carbocycles. The number of nitrogens with one attached hydrogen (secondary N) is 1. The molecule has 7 heteroatoms. The Balaban J connectivity index is 2.68. The molecule has 0 heterocycles. The van der Waals surface area contributed by atoms with E-state index < -0.39 is 10.0 Å². The summed E-state index contributed by atoms with van der Waals surface area (Å²) >= 11 is 0. The normalized spacial score (nSPS) is 11.4. The SMILES string of the molecule is CCN(CC)C(=O)CNS(=O)(=O)Cc1ccccc1CN. The topological polar surface area (TPSA) is 92.5 Å². The van der Waals surface area contributed by atoms with Crippen LogP contribution in [-0.4, -0.2) is 38.9 Å². The van der Waals surface area contributed by atoms with E-state index in [1.54, 1.807) is 23.1 Å². The van der Waals surface area contributed by atoms with Crippen LogP contribution in [0.2, 0.25) is 0 Å². The van der Waals surface area contributed by atoms with Crippen molar-refractivity contribution in [3.05, 3.63) is 35.4 Å². The number of sulfonamides is 1. The van der Waals surface area contributed by atoms with Gasteiger partial charge in [-0.1, -0.05) is 24.3 Å². The summed E-state index contributed by atoms with van der Waals surface area (Å²) in [6.45, 7) is 4.90. The van der Waals surface area contributed by atoms with Crippen LogP contribution in [-0.2, 0) is 27.1 Å². The molecule has 1 amide bonds. The Bertz CT molecular complexity index is 569. The van der Waals surface area contributed by atoms with Crippen LogP contribution in [0.1, 0.15) is 25.0 Å². The smallest absolute Gasteiger partial charge is 0.237 e. The van der Waals surface area contributed by atoms with Gasteiger partial charge in [-0.25, -0.2) is 13.1 Å². The molecule has 1 rings (SSSR count). The van der Waals surface area contributed by atoms with Gasteiger partial charge in [0.15, 0.2) is 0 Å². The molecular formula is C14H23N3O3S. The van der Waals surface area contributed by atoms with E-state index in [2.05, 4.69) is 4.72 Å². The summed E-state index contributed by atoms with van der Waals surface area (Å²) in [7, 11) is -3.57. The number of likely N-dealkylation sites (N-methyl/N-ethyl adjacent to an activating group) is 1. The maximum Gasteiger partial charge on any atom is 0.237 e. The highest BCUT2D eigenvalue weighted by Gasteiger charge is 2.17. The van der Waals surface area contributed by atoms with Crippen LogP contribution in [0.15, 0.2) is 24.3 Å². The second-order valence-corrected chi connectivity index (χ2v) is 6.43. The van der Waals surface area contributed by atoms with Crippen molar-refractivity contribution >= 4 is 15.9 Å². The molecule has 21 heavy (non-hydrogen) atoms. The standard InChI is InChI=1S/C14H23N3O3S/c1-3-17(4-2)14(18)10-16-21(19,20)11-13-8-6-5-7-12(13)9-15/h5-8,16H,3-4,9-11,15H2,1-2H3. The molecule has 0 aliphatic rings. The van der Waals surface area contributed by atoms with Crippen LogP contribution in [0, 0.1) is 0 Å². The molecule has 6 nitrogen and oxygen atoms in total. The van der Waals surface area contributed by atoms with Gasteiger partial charge in [0.1, 0.15) is 0 Å². The van der Waals surface area contributed by atoms with E-state index in [1.807, 2.05) is 19.9 Å². The van der Waals surface area contributed by atoms with Crippen molar-refractivity contribution in [2.75, 3.05) is 19.6 Å². The van der Waals surface area contributed by atoms with Gasteiger partial charge in [0.25, 0.3) is 0 Å². The molecule has 1 aromatic rings. The molecule has 3 N–H and O–H groups in total. The summed E-state index contributed by atoms with van der Waals surface area (Å²) in [6.07, 6.45) is 0. The largest absolute Gasteiger partial charge is 0.342 e. The highest BCUT2D eigenvalue weighted by atomic mass is 32.2. The molecule has 0 radical (unpaired) electrons. The highest BCUT2D eigenvalue weighted by molar-refractivity contribution is 7.88. The molecule has 0 saturated heterocycles. The number of carbonyl (C=O) groups excluding carboxylic acids is 1. The van der Waals surface area contributed by atoms with Crippen LogP contribution in [0.4, 0.5) is 0 Å². The summed E-state index contributed by atoms with van der Waals surface area (Å²) in [5.74, 6) is -0.401. The number of hydrogen-bond donors (Lipinski definition) is 2. The second kappa shape index (κ2) is 8.11. The molecule has 0 aliphatic heterocycles. The number of hydrogen-bond acceptors (Lipinski definition) is 4. The summed E-state index contributed by atoms with van der Waals surface area (Å²) in [4.78, 5) is 13.4. The molecule has 0 aromatic heterocycles. The Hall–Kier alpha value is -1.44. The summed E-state index contributed by atoms with van der Waals surface area (Å²) < 4.78 is 26.4. The fraction of sp³-hybridized carbons (Fsp3) is 0.500. The average Bonchev–Trinajstić information content (AvgIpc) is 2.47. The number of nitrogens with zero attached hydrogens (tertiary/aromatic N) is 1. The molecule has 0 atom stereocenters. The van der Waals surface area contributed by atoms with Crippen molar-refractivity contribution in [3.8, 4) is 0 Å². The number of nitrogens with two attached hydrogens (primary N) is 1. The maximum atomic E-state index is 12.0. The van der Waals surface area contributed by atoms with Crippen molar-refractivity contribution in [2.45, 2.75) is 26.1 Å². The summed E-state index contributed by atoms with van der Waals surface area (Å²) in [5.41, 5.74) is 7.04. The quantitative estimate of drug-likeness (QED) is 0.728. The average molecular weight is 313 g/mol. The number of benzene rings is 1. The minimum absolute atomic E-state index is 0.175. The zero-order chi connectivity index (χ0) is 15.9. The number of carbonyl (C=O) groups is 1. The Morgan fingerprint density at radius 1 is 1.19 bits per heavy atom. The fourth-order valence-corrected chi connectivity index (χ4v) is 3.15. The lowest BCUT2D eigenvalue weighted by molar-refractivity contribution is -0.129. The van der Waals surface area contributed by atoms with Crippen LogP contribution in [0.3, 0.4) is 0 Å². The van der Waals surface area contributed by atoms with Crippen molar-refractivity contribution in [1.82, 2.24) is 9.62 Å². The van der Waals surface area contributed by atoms with Gasteiger partial charge in [-0.05, 0) is 25.0 Å². The van der Waals surface area contributed by atoms with Gasteiger partial charge in [-0.15, -0.1) is 0 Å². The molecule has 0 fully saturated rings. The zero-order valence-electron chi connectivity index (χ0n) is 12.5. The molecule has 118 valence electrons. The third kappa shape index (κ3) is 5.45. The van der Waals surface area contributed by atoms with Gasteiger partial charge in [0, 0.05) is 19.6 Å². The van der Waals surface area contributed by atoms with Crippen molar-refractivity contribution in [2.24, 2.45) is 5.73 Å². The van der Waals surface area contributed by atoms with Crippen molar-refractivity contribution in [1.29, 1.82) is 0 Å². The minimum Gasteiger partial charge on any atom is -0.342 e. The number of amides is 1. The first-order valence-corrected chi connectivity index (χ1v) is 8.60. The predicted molar refractivity (Wildman–Crippen MR) is 82.9 cm³/mol. The van der Waals surface area contributed by atoms with Gasteiger partial charge in [0.05, 0.1) is 12.3 Å². The van der Waals surface area contributed by atoms with Crippen molar-refractivity contribution < 1.29 is 13.2 Å². The Kier molecular flexibility index (Phi) is 6.80. The van der Waals surface area contributed by atoms with Gasteiger partial charge >= 0.3 is 0 Å². The Labute approximate surface area is 126 Å². The summed E-state index contributed by atoms with van der Waals surface area (Å²) in [5, 5.41) is 0. The van der Waals surface area contributed by atoms with E-state index in [0.29, 0.717) is 18.7 Å². The van der Waals surface area contributed by atoms with E-state index in [9.17, 15) is 13.2 Å². The van der Waals surface area contributed by atoms with E-state index in [1.165, 1.54) is 0 Å². The van der Waals surface area contributed by atoms with Gasteiger partial charge in [-0.3, -0.25) is 4.79 Å². The number of rotatable bonds is 8. The second-order valence-electron chi connectivity index (χ2n) is 4.62. The molecule has 0 bridgehead atoms. The van der Waals surface area contributed by atoms with Gasteiger partial charge < -0.3 is 10.6 Å². The first-order valence-electron chi connectivity index (χ1n) is 6.95. The van der Waals surface area contributed by atoms with Crippen LogP contribution in [0.25, 0.3) is 0 Å². The van der Waals surface area contributed by atoms with Crippen LogP contribution >= 0.6 is 0 Å². The maximum absolute atomic E-state index is 12.0. The van der Waals surface area contributed by atoms with Crippen LogP contribution in [0.5, 0.6) is 0 Å². The lowest BCUT2D eigenvalue weighted by Gasteiger charge is -2.18. The van der Waals surface area contributed by atoms with Gasteiger partial charge in [-0.2, -0.15) is 0 Å². The van der Waals surface area contributed by atoms with E-state index in [-0.39, 0.29) is 24.7 Å². The third-order valence-electron chi connectivity index (χ3n) is 3.24. The predicted octanol–water partition coefficient (Wildman–Crippen LogP) is 0.433. The van der Waals surface area contributed by atoms with Gasteiger partial charge in [0.2, 0.25) is 15.9 Å². The van der Waals surface area contributed by atoms with E-state index in [0.717, 1.165) is 5.56 Å². The third-order valence-corrected chi connectivity index (χ3v) is 4.52. The first-order chi connectivity index (χ1) is 9.93. The summed E-state index contributed by atoms with van der Waals surface area (Å²) in [6, 6.07) is 7.11. The lowest BCUT2D eigenvalue weighted by atomic mass is 10.1. The first kappa shape index (κ1) is 17.6. The molecule has 0 aliphatic carbocycles. The van der Waals surface area contributed by atoms with E-state index in [4.69, 9.17) is 5.73 Å². The zero-order valence-corrected chi connectivity index (χ0v) is 13.3. The highest BCUT2D eigenvalue weighted by Crippen LogP contribution is 2.11. The van der Waals surface area contributed by atoms with Crippen molar-refractivity contribution in [3.63, 3.8) is 0 Å². The Morgan fingerprint density at radius 3 is 2.29 bits per heavy atom. The molecule has 0 spiro atoms. The van der Waals surface area contributed by atoms with E-state index >= 15 is 0 Å². The molecule has 0 unspecified atom stereocenters.